The zero-order chi connectivity index (χ0) is 16.5. The average Bonchev–Trinajstić information content (AvgIpc) is 3.05. The lowest BCUT2D eigenvalue weighted by Gasteiger charge is -2.06. The highest BCUT2D eigenvalue weighted by molar-refractivity contribution is 6.30. The number of nitrogens with zero attached hydrogens (tertiary/aromatic N) is 5. The first-order valence-corrected chi connectivity index (χ1v) is 7.71. The molecule has 6 nitrogen and oxygen atoms in total. The lowest BCUT2D eigenvalue weighted by molar-refractivity contribution is 0.745. The molecule has 4 aromatic rings. The van der Waals surface area contributed by atoms with Gasteiger partial charge in [0.25, 0.3) is 5.56 Å². The molecule has 2 heterocycles. The van der Waals surface area contributed by atoms with Gasteiger partial charge in [-0.3, -0.25) is 9.36 Å². The second-order valence-electron chi connectivity index (χ2n) is 5.31. The van der Waals surface area contributed by atoms with Gasteiger partial charge in [0.15, 0.2) is 11.2 Å². The molecular formula is C17H12ClN5O. The molecule has 0 N–H and O–H groups in total. The first-order valence-electron chi connectivity index (χ1n) is 7.33. The Morgan fingerprint density at radius 2 is 1.75 bits per heavy atom. The van der Waals surface area contributed by atoms with Gasteiger partial charge in [-0.25, -0.2) is 4.98 Å². The van der Waals surface area contributed by atoms with E-state index in [1.807, 2.05) is 42.5 Å². The number of hydrogen-bond donors (Lipinski definition) is 0. The summed E-state index contributed by atoms with van der Waals surface area (Å²) >= 11 is 5.88. The minimum absolute atomic E-state index is 0.225. The van der Waals surface area contributed by atoms with Crippen LogP contribution in [0.4, 0.5) is 0 Å². The predicted molar refractivity (Wildman–Crippen MR) is 91.5 cm³/mol. The summed E-state index contributed by atoms with van der Waals surface area (Å²) in [6, 6.07) is 16.8. The summed E-state index contributed by atoms with van der Waals surface area (Å²) in [5.41, 5.74) is 2.23. The van der Waals surface area contributed by atoms with Crippen LogP contribution in [0.25, 0.3) is 16.9 Å². The fraction of sp³-hybridized carbons (Fsp3) is 0.0588. The minimum Gasteiger partial charge on any atom is -0.293 e. The maximum atomic E-state index is 12.6. The Morgan fingerprint density at radius 1 is 1.00 bits per heavy atom. The number of para-hydroxylation sites is 1. The van der Waals surface area contributed by atoms with Crippen LogP contribution in [0.3, 0.4) is 0 Å². The van der Waals surface area contributed by atoms with E-state index in [0.717, 1.165) is 11.3 Å². The first kappa shape index (κ1) is 14.6. The minimum atomic E-state index is -0.225. The Balaban J connectivity index is 1.77. The lowest BCUT2D eigenvalue weighted by atomic mass is 10.2. The summed E-state index contributed by atoms with van der Waals surface area (Å²) in [5, 5.41) is 8.72. The number of aromatic nitrogens is 5. The Morgan fingerprint density at radius 3 is 2.50 bits per heavy atom. The van der Waals surface area contributed by atoms with Gasteiger partial charge in [0.1, 0.15) is 6.33 Å². The third-order valence-electron chi connectivity index (χ3n) is 3.70. The van der Waals surface area contributed by atoms with Crippen LogP contribution in [0.15, 0.2) is 65.7 Å². The van der Waals surface area contributed by atoms with Gasteiger partial charge in [0, 0.05) is 5.02 Å². The van der Waals surface area contributed by atoms with Crippen molar-refractivity contribution in [3.05, 3.63) is 81.9 Å². The van der Waals surface area contributed by atoms with Crippen molar-refractivity contribution in [3.63, 3.8) is 0 Å². The largest absolute Gasteiger partial charge is 0.293 e. The molecule has 0 spiro atoms. The van der Waals surface area contributed by atoms with E-state index in [0.29, 0.717) is 17.2 Å². The van der Waals surface area contributed by atoms with E-state index >= 15 is 0 Å². The van der Waals surface area contributed by atoms with Crippen LogP contribution in [0, 0.1) is 0 Å². The van der Waals surface area contributed by atoms with E-state index in [9.17, 15) is 4.79 Å². The topological polar surface area (TPSA) is 65.6 Å². The summed E-state index contributed by atoms with van der Waals surface area (Å²) in [6.45, 7) is 0.400. The molecule has 24 heavy (non-hydrogen) atoms. The number of rotatable bonds is 3. The highest BCUT2D eigenvalue weighted by Crippen LogP contribution is 2.12. The van der Waals surface area contributed by atoms with E-state index < -0.39 is 0 Å². The lowest BCUT2D eigenvalue weighted by Crippen LogP contribution is -2.21. The Labute approximate surface area is 142 Å². The van der Waals surface area contributed by atoms with Crippen molar-refractivity contribution in [2.75, 3.05) is 0 Å². The number of benzene rings is 2. The van der Waals surface area contributed by atoms with Crippen molar-refractivity contribution >= 4 is 22.8 Å². The summed E-state index contributed by atoms with van der Waals surface area (Å²) in [7, 11) is 0. The van der Waals surface area contributed by atoms with Crippen molar-refractivity contribution in [3.8, 4) is 5.69 Å². The Kier molecular flexibility index (Phi) is 3.59. The highest BCUT2D eigenvalue weighted by Gasteiger charge is 2.13. The summed E-state index contributed by atoms with van der Waals surface area (Å²) in [4.78, 5) is 17.0. The molecule has 0 radical (unpaired) electrons. The second kappa shape index (κ2) is 5.90. The Hall–Kier alpha value is -2.99. The molecule has 7 heteroatoms. The van der Waals surface area contributed by atoms with Crippen LogP contribution in [0.1, 0.15) is 5.56 Å². The zero-order valence-electron chi connectivity index (χ0n) is 12.5. The van der Waals surface area contributed by atoms with Crippen molar-refractivity contribution in [1.82, 2.24) is 24.5 Å². The molecule has 0 fully saturated rings. The number of fused-ring (bicyclic) bond motifs is 1. The normalized spacial score (nSPS) is 11.0. The summed E-state index contributed by atoms with van der Waals surface area (Å²) in [5.74, 6) is 0. The monoisotopic (exact) mass is 337 g/mol. The smallest absolute Gasteiger partial charge is 0.283 e. The fourth-order valence-corrected chi connectivity index (χ4v) is 2.61. The standard InChI is InChI=1S/C17H12ClN5O/c18-13-8-6-12(7-9-13)10-22-11-19-16-15(17(22)24)20-21-23(16)14-4-2-1-3-5-14/h1-9,11H,10H2. The van der Waals surface area contributed by atoms with Crippen molar-refractivity contribution in [2.24, 2.45) is 0 Å². The van der Waals surface area contributed by atoms with E-state index in [2.05, 4.69) is 15.3 Å². The van der Waals surface area contributed by atoms with Crippen LogP contribution in [0.5, 0.6) is 0 Å². The van der Waals surface area contributed by atoms with Gasteiger partial charge in [0.2, 0.25) is 0 Å². The third kappa shape index (κ3) is 2.57. The molecule has 2 aromatic heterocycles. The van der Waals surface area contributed by atoms with Crippen LogP contribution < -0.4 is 5.56 Å². The highest BCUT2D eigenvalue weighted by atomic mass is 35.5. The third-order valence-corrected chi connectivity index (χ3v) is 3.95. The SMILES string of the molecule is O=c1c2nnn(-c3ccccc3)c2ncn1Cc1ccc(Cl)cc1. The number of halogens is 1. The van der Waals surface area contributed by atoms with Crippen molar-refractivity contribution in [2.45, 2.75) is 6.54 Å². The van der Waals surface area contributed by atoms with Crippen LogP contribution in [0.2, 0.25) is 5.02 Å². The first-order chi connectivity index (χ1) is 11.7. The van der Waals surface area contributed by atoms with Gasteiger partial charge in [-0.15, -0.1) is 5.10 Å². The van der Waals surface area contributed by atoms with Crippen molar-refractivity contribution < 1.29 is 0 Å². The maximum absolute atomic E-state index is 12.6. The number of hydrogen-bond acceptors (Lipinski definition) is 4. The quantitative estimate of drug-likeness (QED) is 0.576. The van der Waals surface area contributed by atoms with Crippen LogP contribution in [-0.2, 0) is 6.54 Å². The molecule has 0 saturated heterocycles. The molecule has 0 aliphatic heterocycles. The van der Waals surface area contributed by atoms with Gasteiger partial charge in [-0.05, 0) is 29.8 Å². The van der Waals surface area contributed by atoms with Gasteiger partial charge >= 0.3 is 0 Å². The molecule has 0 atom stereocenters. The van der Waals surface area contributed by atoms with E-state index in [4.69, 9.17) is 11.6 Å². The van der Waals surface area contributed by atoms with Crippen LogP contribution in [-0.4, -0.2) is 24.5 Å². The van der Waals surface area contributed by atoms with E-state index in [-0.39, 0.29) is 11.1 Å². The van der Waals surface area contributed by atoms with Gasteiger partial charge in [-0.2, -0.15) is 4.68 Å². The molecular weight excluding hydrogens is 326 g/mol. The predicted octanol–water partition coefficient (Wildman–Crippen LogP) is 2.68. The molecule has 0 amide bonds. The second-order valence-corrected chi connectivity index (χ2v) is 5.75. The zero-order valence-corrected chi connectivity index (χ0v) is 13.3. The molecule has 0 aliphatic rings. The Bertz CT molecular complexity index is 1050. The molecule has 0 saturated carbocycles. The molecule has 118 valence electrons. The van der Waals surface area contributed by atoms with Crippen molar-refractivity contribution in [1.29, 1.82) is 0 Å². The molecule has 4 rings (SSSR count). The molecule has 0 aliphatic carbocycles. The fourth-order valence-electron chi connectivity index (χ4n) is 2.49. The van der Waals surface area contributed by atoms with Crippen LogP contribution >= 0.6 is 11.6 Å². The van der Waals surface area contributed by atoms with E-state index in [1.54, 1.807) is 16.8 Å². The van der Waals surface area contributed by atoms with Gasteiger partial charge in [-0.1, -0.05) is 47.1 Å². The van der Waals surface area contributed by atoms with Gasteiger partial charge < -0.3 is 0 Å². The molecule has 0 bridgehead atoms. The van der Waals surface area contributed by atoms with Gasteiger partial charge in [0.05, 0.1) is 12.2 Å². The van der Waals surface area contributed by atoms with E-state index in [1.165, 1.54) is 10.9 Å². The molecule has 2 aromatic carbocycles. The maximum Gasteiger partial charge on any atom is 0.283 e. The average molecular weight is 338 g/mol. The summed E-state index contributed by atoms with van der Waals surface area (Å²) < 4.78 is 3.07. The molecule has 0 unspecified atom stereocenters. The summed E-state index contributed by atoms with van der Waals surface area (Å²) in [6.07, 6.45) is 1.52.